The van der Waals surface area contributed by atoms with Crippen molar-refractivity contribution in [2.75, 3.05) is 20.1 Å². The third-order valence-corrected chi connectivity index (χ3v) is 3.65. The van der Waals surface area contributed by atoms with E-state index in [4.69, 9.17) is 4.74 Å². The highest BCUT2D eigenvalue weighted by Crippen LogP contribution is 2.25. The standard InChI is InChI=1S/C13H23N3O2S/c1-10(15-9-14-5)19-11-6-7-16(8-11)12(17)18-13(2,3)4/h9,11H,6-8H2,1-5H3. The van der Waals surface area contributed by atoms with Crippen molar-refractivity contribution in [3.8, 4) is 0 Å². The van der Waals surface area contributed by atoms with Gasteiger partial charge in [0.1, 0.15) is 11.9 Å². The van der Waals surface area contributed by atoms with Crippen LogP contribution in [-0.2, 0) is 4.74 Å². The van der Waals surface area contributed by atoms with Crippen LogP contribution in [-0.4, -0.2) is 53.4 Å². The first-order valence-corrected chi connectivity index (χ1v) is 7.29. The molecule has 19 heavy (non-hydrogen) atoms. The fourth-order valence-electron chi connectivity index (χ4n) is 1.73. The number of likely N-dealkylation sites (tertiary alicyclic amines) is 1. The van der Waals surface area contributed by atoms with Crippen LogP contribution in [0, 0.1) is 0 Å². The number of rotatable bonds is 2. The summed E-state index contributed by atoms with van der Waals surface area (Å²) in [6.07, 6.45) is 2.29. The molecule has 0 radical (unpaired) electrons. The van der Waals surface area contributed by atoms with E-state index in [1.807, 2.05) is 27.7 Å². The Balaban J connectivity index is 2.43. The Bertz CT molecular complexity index is 375. The van der Waals surface area contributed by atoms with Gasteiger partial charge in [-0.05, 0) is 34.1 Å². The summed E-state index contributed by atoms with van der Waals surface area (Å²) in [4.78, 5) is 21.7. The lowest BCUT2D eigenvalue weighted by Gasteiger charge is -2.24. The van der Waals surface area contributed by atoms with E-state index in [1.54, 1.807) is 30.0 Å². The molecule has 0 spiro atoms. The summed E-state index contributed by atoms with van der Waals surface area (Å²) < 4.78 is 5.37. The number of amides is 1. The van der Waals surface area contributed by atoms with Crippen molar-refractivity contribution in [3.63, 3.8) is 0 Å². The number of hydrogen-bond acceptors (Lipinski definition) is 4. The van der Waals surface area contributed by atoms with E-state index >= 15 is 0 Å². The molecule has 0 bridgehead atoms. The second kappa shape index (κ2) is 6.93. The highest BCUT2D eigenvalue weighted by Gasteiger charge is 2.30. The summed E-state index contributed by atoms with van der Waals surface area (Å²) in [5.74, 6) is 0. The van der Waals surface area contributed by atoms with Crippen molar-refractivity contribution in [2.24, 2.45) is 9.98 Å². The van der Waals surface area contributed by atoms with Crippen molar-refractivity contribution in [2.45, 2.75) is 45.0 Å². The van der Waals surface area contributed by atoms with Crippen LogP contribution in [0.2, 0.25) is 0 Å². The average molecular weight is 285 g/mol. The minimum atomic E-state index is -0.433. The predicted molar refractivity (Wildman–Crippen MR) is 81.3 cm³/mol. The molecule has 108 valence electrons. The maximum atomic E-state index is 11.9. The Morgan fingerprint density at radius 2 is 2.16 bits per heavy atom. The molecule has 0 aromatic rings. The second-order valence-electron chi connectivity index (χ2n) is 5.48. The minimum absolute atomic E-state index is 0.222. The summed E-state index contributed by atoms with van der Waals surface area (Å²) in [5.41, 5.74) is -0.433. The lowest BCUT2D eigenvalue weighted by atomic mass is 10.2. The zero-order valence-electron chi connectivity index (χ0n) is 12.3. The molecule has 1 atom stereocenters. The van der Waals surface area contributed by atoms with Gasteiger partial charge in [-0.25, -0.2) is 9.79 Å². The van der Waals surface area contributed by atoms with Gasteiger partial charge < -0.3 is 9.64 Å². The molecule has 6 heteroatoms. The summed E-state index contributed by atoms with van der Waals surface area (Å²) in [5, 5.41) is 1.36. The molecule has 0 aromatic carbocycles. The minimum Gasteiger partial charge on any atom is -0.444 e. The zero-order valence-corrected chi connectivity index (χ0v) is 13.2. The first kappa shape index (κ1) is 16.0. The summed E-state index contributed by atoms with van der Waals surface area (Å²) in [7, 11) is 1.70. The van der Waals surface area contributed by atoms with E-state index in [0.717, 1.165) is 24.6 Å². The SMILES string of the molecule is CN=CN=C(C)SC1CCN(C(=O)OC(C)(C)C)C1. The van der Waals surface area contributed by atoms with Crippen molar-refractivity contribution in [1.29, 1.82) is 0 Å². The van der Waals surface area contributed by atoms with Crippen LogP contribution in [0.1, 0.15) is 34.1 Å². The van der Waals surface area contributed by atoms with E-state index in [-0.39, 0.29) is 6.09 Å². The van der Waals surface area contributed by atoms with Crippen molar-refractivity contribution < 1.29 is 9.53 Å². The normalized spacial score (nSPS) is 21.2. The number of nitrogens with zero attached hydrogens (tertiary/aromatic N) is 3. The number of aliphatic imine (C=N–C) groups is 2. The lowest BCUT2D eigenvalue weighted by molar-refractivity contribution is 0.0295. The maximum Gasteiger partial charge on any atom is 0.410 e. The van der Waals surface area contributed by atoms with Crippen LogP contribution in [0.25, 0.3) is 0 Å². The molecule has 1 amide bonds. The Hall–Kier alpha value is -1.04. The van der Waals surface area contributed by atoms with Gasteiger partial charge in [-0.2, -0.15) is 0 Å². The lowest BCUT2D eigenvalue weighted by Crippen LogP contribution is -2.35. The van der Waals surface area contributed by atoms with Gasteiger partial charge in [-0.1, -0.05) is 0 Å². The van der Waals surface area contributed by atoms with Gasteiger partial charge in [-0.3, -0.25) is 4.99 Å². The predicted octanol–water partition coefficient (Wildman–Crippen LogP) is 2.81. The molecule has 1 fully saturated rings. The molecule has 1 saturated heterocycles. The molecular weight excluding hydrogens is 262 g/mol. The molecule has 1 aliphatic rings. The van der Waals surface area contributed by atoms with E-state index in [9.17, 15) is 4.79 Å². The summed E-state index contributed by atoms with van der Waals surface area (Å²) >= 11 is 1.70. The summed E-state index contributed by atoms with van der Waals surface area (Å²) in [6, 6.07) is 0. The molecule has 1 unspecified atom stereocenters. The third-order valence-electron chi connectivity index (χ3n) is 2.49. The fourth-order valence-corrected chi connectivity index (χ4v) is 2.80. The van der Waals surface area contributed by atoms with Crippen LogP contribution >= 0.6 is 11.8 Å². The van der Waals surface area contributed by atoms with Crippen molar-refractivity contribution in [3.05, 3.63) is 0 Å². The van der Waals surface area contributed by atoms with Gasteiger partial charge in [0.05, 0.1) is 5.04 Å². The van der Waals surface area contributed by atoms with Gasteiger partial charge in [0.15, 0.2) is 0 Å². The highest BCUT2D eigenvalue weighted by molar-refractivity contribution is 8.14. The molecule has 5 nitrogen and oxygen atoms in total. The van der Waals surface area contributed by atoms with E-state index in [1.165, 1.54) is 0 Å². The van der Waals surface area contributed by atoms with Crippen LogP contribution in [0.5, 0.6) is 0 Å². The van der Waals surface area contributed by atoms with Gasteiger partial charge in [-0.15, -0.1) is 11.8 Å². The Kier molecular flexibility index (Phi) is 5.85. The van der Waals surface area contributed by atoms with Crippen LogP contribution in [0.15, 0.2) is 9.98 Å². The van der Waals surface area contributed by atoms with Crippen molar-refractivity contribution >= 4 is 29.2 Å². The zero-order chi connectivity index (χ0) is 14.5. The Morgan fingerprint density at radius 3 is 2.74 bits per heavy atom. The smallest absolute Gasteiger partial charge is 0.410 e. The number of hydrogen-bond donors (Lipinski definition) is 0. The van der Waals surface area contributed by atoms with Gasteiger partial charge in [0.25, 0.3) is 0 Å². The number of thioether (sulfide) groups is 1. The van der Waals surface area contributed by atoms with E-state index < -0.39 is 5.60 Å². The topological polar surface area (TPSA) is 54.3 Å². The number of carbonyl (C=O) groups is 1. The molecule has 0 aliphatic carbocycles. The molecule has 1 aliphatic heterocycles. The van der Waals surface area contributed by atoms with Crippen LogP contribution in [0.4, 0.5) is 4.79 Å². The highest BCUT2D eigenvalue weighted by atomic mass is 32.2. The van der Waals surface area contributed by atoms with Crippen LogP contribution < -0.4 is 0 Å². The molecular formula is C13H23N3O2S. The molecule has 1 rings (SSSR count). The second-order valence-corrected chi connectivity index (χ2v) is 6.97. The quantitative estimate of drug-likeness (QED) is 0.579. The Morgan fingerprint density at radius 1 is 1.47 bits per heavy atom. The molecule has 1 heterocycles. The number of carbonyl (C=O) groups excluding carboxylic acids is 1. The van der Waals surface area contributed by atoms with Gasteiger partial charge in [0, 0.05) is 25.4 Å². The van der Waals surface area contributed by atoms with Crippen molar-refractivity contribution in [1.82, 2.24) is 4.90 Å². The maximum absolute atomic E-state index is 11.9. The van der Waals surface area contributed by atoms with Crippen LogP contribution in [0.3, 0.4) is 0 Å². The first-order valence-electron chi connectivity index (χ1n) is 6.41. The van der Waals surface area contributed by atoms with E-state index in [0.29, 0.717) is 5.25 Å². The summed E-state index contributed by atoms with van der Waals surface area (Å²) in [6.45, 7) is 9.08. The van der Waals surface area contributed by atoms with E-state index in [2.05, 4.69) is 9.98 Å². The van der Waals surface area contributed by atoms with Gasteiger partial charge >= 0.3 is 6.09 Å². The first-order chi connectivity index (χ1) is 8.81. The average Bonchev–Trinajstić information content (AvgIpc) is 2.72. The largest absolute Gasteiger partial charge is 0.444 e. The molecule has 0 N–H and O–H groups in total. The monoisotopic (exact) mass is 285 g/mol. The third kappa shape index (κ3) is 6.09. The molecule has 0 aromatic heterocycles. The Labute approximate surface area is 119 Å². The van der Waals surface area contributed by atoms with Gasteiger partial charge in [0.2, 0.25) is 0 Å². The number of ether oxygens (including phenoxy) is 1. The fraction of sp³-hybridized carbons (Fsp3) is 0.769. The molecule has 0 saturated carbocycles.